The van der Waals surface area contributed by atoms with Gasteiger partial charge in [0.25, 0.3) is 0 Å². The first kappa shape index (κ1) is 16.0. The number of benzene rings is 1. The van der Waals surface area contributed by atoms with E-state index in [2.05, 4.69) is 5.43 Å². The van der Waals surface area contributed by atoms with Crippen molar-refractivity contribution in [2.45, 2.75) is 52.4 Å². The lowest BCUT2D eigenvalue weighted by Crippen LogP contribution is -2.44. The predicted octanol–water partition coefficient (Wildman–Crippen LogP) is 2.79. The maximum atomic E-state index is 5.85. The minimum atomic E-state index is -0.417. The van der Waals surface area contributed by atoms with E-state index in [0.717, 1.165) is 11.3 Å². The van der Waals surface area contributed by atoms with Crippen LogP contribution >= 0.6 is 0 Å². The van der Waals surface area contributed by atoms with Crippen LogP contribution in [0.25, 0.3) is 0 Å². The van der Waals surface area contributed by atoms with Gasteiger partial charge in [-0.15, -0.1) is 0 Å². The molecule has 0 aromatic heterocycles. The van der Waals surface area contributed by atoms with Crippen molar-refractivity contribution in [2.75, 3.05) is 6.61 Å². The van der Waals surface area contributed by atoms with E-state index in [1.54, 1.807) is 0 Å². The van der Waals surface area contributed by atoms with Crippen molar-refractivity contribution in [2.24, 2.45) is 5.84 Å². The zero-order valence-electron chi connectivity index (χ0n) is 12.6. The fourth-order valence-corrected chi connectivity index (χ4v) is 2.20. The second kappa shape index (κ2) is 6.89. The third-order valence-corrected chi connectivity index (χ3v) is 2.97. The van der Waals surface area contributed by atoms with Gasteiger partial charge in [0.2, 0.25) is 0 Å². The zero-order chi connectivity index (χ0) is 14.5. The fourth-order valence-electron chi connectivity index (χ4n) is 2.20. The lowest BCUT2D eigenvalue weighted by atomic mass is 9.91. The van der Waals surface area contributed by atoms with Crippen LogP contribution in [0.4, 0.5) is 0 Å². The summed E-state index contributed by atoms with van der Waals surface area (Å²) in [5, 5.41) is 0. The Balaban J connectivity index is 3.10. The SMILES string of the molecule is CCOC(C)(C)C(NN)c1ccccc1OC(C)C. The fraction of sp³-hybridized carbons (Fsp3) is 0.600. The molecule has 0 radical (unpaired) electrons. The van der Waals surface area contributed by atoms with Crippen LogP contribution < -0.4 is 16.0 Å². The van der Waals surface area contributed by atoms with Gasteiger partial charge in [0.15, 0.2) is 0 Å². The van der Waals surface area contributed by atoms with Crippen molar-refractivity contribution >= 4 is 0 Å². The largest absolute Gasteiger partial charge is 0.491 e. The van der Waals surface area contributed by atoms with Gasteiger partial charge in [-0.25, -0.2) is 5.43 Å². The summed E-state index contributed by atoms with van der Waals surface area (Å²) in [6, 6.07) is 7.78. The molecule has 0 bridgehead atoms. The minimum Gasteiger partial charge on any atom is -0.491 e. The van der Waals surface area contributed by atoms with Crippen LogP contribution in [0, 0.1) is 0 Å². The molecule has 1 atom stereocenters. The van der Waals surface area contributed by atoms with Gasteiger partial charge in [-0.2, -0.15) is 0 Å². The summed E-state index contributed by atoms with van der Waals surface area (Å²) in [5.41, 5.74) is 3.45. The number of ether oxygens (including phenoxy) is 2. The first-order valence-electron chi connectivity index (χ1n) is 6.78. The van der Waals surface area contributed by atoms with Crippen molar-refractivity contribution in [3.63, 3.8) is 0 Å². The summed E-state index contributed by atoms with van der Waals surface area (Å²) in [6.45, 7) is 10.7. The number of hydrazine groups is 1. The molecular weight excluding hydrogens is 240 g/mol. The molecule has 0 saturated heterocycles. The number of rotatable bonds is 7. The second-order valence-corrected chi connectivity index (χ2v) is 5.34. The van der Waals surface area contributed by atoms with E-state index in [-0.39, 0.29) is 12.1 Å². The van der Waals surface area contributed by atoms with Crippen LogP contribution in [-0.2, 0) is 4.74 Å². The van der Waals surface area contributed by atoms with Crippen molar-refractivity contribution in [3.8, 4) is 5.75 Å². The number of hydrogen-bond acceptors (Lipinski definition) is 4. The molecule has 0 fully saturated rings. The Morgan fingerprint density at radius 2 is 1.89 bits per heavy atom. The molecule has 1 unspecified atom stereocenters. The summed E-state index contributed by atoms with van der Waals surface area (Å²) >= 11 is 0. The van der Waals surface area contributed by atoms with Crippen LogP contribution in [-0.4, -0.2) is 18.3 Å². The van der Waals surface area contributed by atoms with Crippen molar-refractivity contribution in [1.29, 1.82) is 0 Å². The third-order valence-electron chi connectivity index (χ3n) is 2.97. The number of nitrogens with one attached hydrogen (secondary N) is 1. The smallest absolute Gasteiger partial charge is 0.124 e. The lowest BCUT2D eigenvalue weighted by molar-refractivity contribution is -0.0399. The van der Waals surface area contributed by atoms with Gasteiger partial charge in [-0.05, 0) is 40.7 Å². The van der Waals surface area contributed by atoms with E-state index in [1.807, 2.05) is 58.9 Å². The Labute approximate surface area is 116 Å². The molecule has 1 rings (SSSR count). The molecule has 1 aromatic rings. The molecule has 108 valence electrons. The third kappa shape index (κ3) is 4.20. The summed E-state index contributed by atoms with van der Waals surface area (Å²) in [6.07, 6.45) is 0.120. The first-order valence-corrected chi connectivity index (χ1v) is 6.78. The number of para-hydroxylation sites is 1. The summed E-state index contributed by atoms with van der Waals surface area (Å²) in [7, 11) is 0. The minimum absolute atomic E-state index is 0.120. The standard InChI is InChI=1S/C15H26N2O2/c1-6-18-15(4,5)14(17-16)12-9-7-8-10-13(12)19-11(2)3/h7-11,14,17H,6,16H2,1-5H3. The molecule has 0 aliphatic heterocycles. The van der Waals surface area contributed by atoms with Gasteiger partial charge >= 0.3 is 0 Å². The average molecular weight is 266 g/mol. The van der Waals surface area contributed by atoms with Crippen molar-refractivity contribution in [3.05, 3.63) is 29.8 Å². The van der Waals surface area contributed by atoms with Crippen LogP contribution in [0.15, 0.2) is 24.3 Å². The Hall–Kier alpha value is -1.10. The average Bonchev–Trinajstić information content (AvgIpc) is 2.31. The van der Waals surface area contributed by atoms with Crippen LogP contribution in [0.5, 0.6) is 5.75 Å². The molecule has 19 heavy (non-hydrogen) atoms. The maximum Gasteiger partial charge on any atom is 0.124 e. The highest BCUT2D eigenvalue weighted by atomic mass is 16.5. The maximum absolute atomic E-state index is 5.85. The molecule has 1 aromatic carbocycles. The second-order valence-electron chi connectivity index (χ2n) is 5.34. The van der Waals surface area contributed by atoms with Crippen LogP contribution in [0.1, 0.15) is 46.2 Å². The van der Waals surface area contributed by atoms with E-state index < -0.39 is 5.60 Å². The van der Waals surface area contributed by atoms with E-state index in [1.165, 1.54) is 0 Å². The normalized spacial score (nSPS) is 13.6. The van der Waals surface area contributed by atoms with Gasteiger partial charge in [-0.3, -0.25) is 5.84 Å². The van der Waals surface area contributed by atoms with Crippen molar-refractivity contribution in [1.82, 2.24) is 5.43 Å². The molecule has 0 heterocycles. The van der Waals surface area contributed by atoms with E-state index in [0.29, 0.717) is 6.61 Å². The predicted molar refractivity (Wildman–Crippen MR) is 78.0 cm³/mol. The molecule has 4 nitrogen and oxygen atoms in total. The summed E-state index contributed by atoms with van der Waals surface area (Å²) in [4.78, 5) is 0. The highest BCUT2D eigenvalue weighted by Crippen LogP contribution is 2.34. The topological polar surface area (TPSA) is 56.5 Å². The van der Waals surface area contributed by atoms with E-state index >= 15 is 0 Å². The molecule has 0 saturated carbocycles. The lowest BCUT2D eigenvalue weighted by Gasteiger charge is -2.35. The molecule has 4 heteroatoms. The van der Waals surface area contributed by atoms with E-state index in [4.69, 9.17) is 15.3 Å². The number of hydrogen-bond donors (Lipinski definition) is 2. The van der Waals surface area contributed by atoms with Gasteiger partial charge < -0.3 is 9.47 Å². The molecule has 3 N–H and O–H groups in total. The van der Waals surface area contributed by atoms with Crippen molar-refractivity contribution < 1.29 is 9.47 Å². The molecule has 0 amide bonds. The van der Waals surface area contributed by atoms with Gasteiger partial charge in [0.05, 0.1) is 17.7 Å². The quantitative estimate of drug-likeness (QED) is 0.588. The Kier molecular flexibility index (Phi) is 5.79. The summed E-state index contributed by atoms with van der Waals surface area (Å²) < 4.78 is 11.6. The van der Waals surface area contributed by atoms with Gasteiger partial charge in [-0.1, -0.05) is 18.2 Å². The van der Waals surface area contributed by atoms with Gasteiger partial charge in [0.1, 0.15) is 5.75 Å². The van der Waals surface area contributed by atoms with E-state index in [9.17, 15) is 0 Å². The first-order chi connectivity index (χ1) is 8.92. The summed E-state index contributed by atoms with van der Waals surface area (Å²) in [5.74, 6) is 6.58. The monoisotopic (exact) mass is 266 g/mol. The molecule has 0 aliphatic rings. The molecular formula is C15H26N2O2. The highest BCUT2D eigenvalue weighted by molar-refractivity contribution is 5.37. The highest BCUT2D eigenvalue weighted by Gasteiger charge is 2.32. The number of nitrogens with two attached hydrogens (primary N) is 1. The van der Waals surface area contributed by atoms with Gasteiger partial charge in [0, 0.05) is 12.2 Å². The van der Waals surface area contributed by atoms with Crippen LogP contribution in [0.2, 0.25) is 0 Å². The van der Waals surface area contributed by atoms with Crippen LogP contribution in [0.3, 0.4) is 0 Å². The zero-order valence-corrected chi connectivity index (χ0v) is 12.6. The molecule has 0 spiro atoms. The Morgan fingerprint density at radius 3 is 2.42 bits per heavy atom. The Morgan fingerprint density at radius 1 is 1.26 bits per heavy atom. The molecule has 0 aliphatic carbocycles. The Bertz CT molecular complexity index is 391.